The van der Waals surface area contributed by atoms with Crippen molar-refractivity contribution in [1.82, 2.24) is 0 Å². The van der Waals surface area contributed by atoms with Gasteiger partial charge in [-0.15, -0.1) is 9.53 Å². The topological polar surface area (TPSA) is 63.3 Å². The second-order valence-electron chi connectivity index (χ2n) is 11.0. The number of quaternary nitrogens is 1. The molecular formula is C22H43BrN2O2S. The van der Waals surface area contributed by atoms with E-state index >= 15 is 0 Å². The SMILES string of the molecule is Cc1ccc(S(N)(=O)(O)CCC[N+](C(C)(C)C)(C(C)(C)C)C(C)(C)C)cc1.[Br-]. The lowest BCUT2D eigenvalue weighted by molar-refractivity contribution is -1.05. The van der Waals surface area contributed by atoms with E-state index in [1.165, 1.54) is 0 Å². The summed E-state index contributed by atoms with van der Waals surface area (Å²) in [5.41, 5.74) is 0.967. The number of hydrogen-bond donors (Lipinski definition) is 2. The maximum Gasteiger partial charge on any atom is 0.0915 e. The van der Waals surface area contributed by atoms with Gasteiger partial charge in [-0.2, -0.15) is 4.21 Å². The first-order valence-electron chi connectivity index (χ1n) is 9.89. The molecule has 6 heteroatoms. The van der Waals surface area contributed by atoms with Gasteiger partial charge in [-0.05, 0) is 81.4 Å². The van der Waals surface area contributed by atoms with Crippen molar-refractivity contribution >= 4 is 9.53 Å². The molecule has 0 aromatic heterocycles. The normalized spacial score (nSPS) is 15.5. The Morgan fingerprint density at radius 1 is 0.893 bits per heavy atom. The van der Waals surface area contributed by atoms with Crippen molar-refractivity contribution in [3.05, 3.63) is 29.8 Å². The number of nitrogens with two attached hydrogens (primary N) is 1. The molecule has 0 aliphatic rings. The number of halogens is 1. The second kappa shape index (κ2) is 8.10. The zero-order valence-corrected chi connectivity index (χ0v) is 22.0. The van der Waals surface area contributed by atoms with Crippen LogP contribution in [-0.4, -0.2) is 42.2 Å². The Morgan fingerprint density at radius 3 is 1.57 bits per heavy atom. The third-order valence-electron chi connectivity index (χ3n) is 5.99. The summed E-state index contributed by atoms with van der Waals surface area (Å²) in [4.78, 5) is 0.331. The van der Waals surface area contributed by atoms with Gasteiger partial charge in [0.05, 0.1) is 33.8 Å². The maximum absolute atomic E-state index is 13.3. The molecule has 0 saturated heterocycles. The number of benzene rings is 1. The molecule has 0 aliphatic heterocycles. The van der Waals surface area contributed by atoms with Gasteiger partial charge in [0.2, 0.25) is 0 Å². The van der Waals surface area contributed by atoms with Crippen LogP contribution < -0.4 is 22.1 Å². The molecule has 1 rings (SSSR count). The van der Waals surface area contributed by atoms with Gasteiger partial charge in [0.15, 0.2) is 0 Å². The fraction of sp³-hybridized carbons (Fsp3) is 0.727. The van der Waals surface area contributed by atoms with Crippen molar-refractivity contribution in [3.8, 4) is 0 Å². The van der Waals surface area contributed by atoms with E-state index in [1.807, 2.05) is 19.1 Å². The van der Waals surface area contributed by atoms with Crippen molar-refractivity contribution in [3.63, 3.8) is 0 Å². The summed E-state index contributed by atoms with van der Waals surface area (Å²) < 4.78 is 25.0. The number of rotatable bonds is 5. The minimum absolute atomic E-state index is 0. The zero-order chi connectivity index (χ0) is 21.6. The Kier molecular flexibility index (Phi) is 8.03. The van der Waals surface area contributed by atoms with Crippen LogP contribution in [0.4, 0.5) is 0 Å². The molecule has 1 aromatic rings. The summed E-state index contributed by atoms with van der Waals surface area (Å²) >= 11 is 0. The Bertz CT molecular complexity index is 681. The van der Waals surface area contributed by atoms with Crippen LogP contribution in [0.25, 0.3) is 0 Å². The van der Waals surface area contributed by atoms with E-state index in [-0.39, 0.29) is 39.4 Å². The molecule has 0 bridgehead atoms. The highest BCUT2D eigenvalue weighted by molar-refractivity contribution is 8.13. The van der Waals surface area contributed by atoms with Crippen LogP contribution in [0.1, 0.15) is 74.3 Å². The molecule has 1 aromatic carbocycles. The van der Waals surface area contributed by atoms with E-state index in [0.717, 1.165) is 16.6 Å². The molecule has 0 radical (unpaired) electrons. The van der Waals surface area contributed by atoms with Gasteiger partial charge in [-0.25, -0.2) is 5.14 Å². The van der Waals surface area contributed by atoms with Gasteiger partial charge in [0.1, 0.15) is 0 Å². The fourth-order valence-corrected chi connectivity index (χ4v) is 7.19. The minimum atomic E-state index is -4.34. The highest BCUT2D eigenvalue weighted by atomic mass is 79.9. The van der Waals surface area contributed by atoms with E-state index in [2.05, 4.69) is 62.3 Å². The monoisotopic (exact) mass is 478 g/mol. The van der Waals surface area contributed by atoms with Crippen molar-refractivity contribution in [2.75, 3.05) is 12.3 Å². The number of aryl methyl sites for hydroxylation is 1. The number of nitrogens with zero attached hydrogens (tertiary/aromatic N) is 1. The molecule has 4 nitrogen and oxygen atoms in total. The molecule has 0 unspecified atom stereocenters. The minimum Gasteiger partial charge on any atom is -1.00 e. The predicted molar refractivity (Wildman–Crippen MR) is 118 cm³/mol. The third-order valence-corrected chi connectivity index (χ3v) is 8.35. The van der Waals surface area contributed by atoms with Crippen LogP contribution >= 0.6 is 0 Å². The average Bonchev–Trinajstić information content (AvgIpc) is 2.39. The van der Waals surface area contributed by atoms with Crippen molar-refractivity contribution < 1.29 is 30.2 Å². The molecular weight excluding hydrogens is 436 g/mol. The summed E-state index contributed by atoms with van der Waals surface area (Å²) in [6.45, 7) is 23.1. The lowest BCUT2D eigenvalue weighted by atomic mass is 9.81. The van der Waals surface area contributed by atoms with Gasteiger partial charge in [0.25, 0.3) is 0 Å². The van der Waals surface area contributed by atoms with Gasteiger partial charge in [-0.3, -0.25) is 4.55 Å². The second-order valence-corrected chi connectivity index (χ2v) is 14.2. The van der Waals surface area contributed by atoms with Crippen LogP contribution in [0.2, 0.25) is 0 Å². The molecule has 0 atom stereocenters. The van der Waals surface area contributed by atoms with E-state index in [9.17, 15) is 8.76 Å². The summed E-state index contributed by atoms with van der Waals surface area (Å²) in [6, 6.07) is 7.05. The summed E-state index contributed by atoms with van der Waals surface area (Å²) in [5.74, 6) is 0.0719. The Balaban J connectivity index is 0.00000729. The Hall–Kier alpha value is -0.270. The standard InChI is InChI=1S/C22H42N2O2S.BrH/c1-18-12-14-19(15-13-18)27(23,25,26)17-11-16-24(20(2,3)4,21(5,6)7)22(8,9)10;/h12-15H,11,16-17H2,1-10H3,(H2-,23,25,26);1H. The average molecular weight is 480 g/mol. The van der Waals surface area contributed by atoms with E-state index < -0.39 is 9.53 Å². The van der Waals surface area contributed by atoms with Crippen LogP contribution in [-0.2, 0) is 9.53 Å². The van der Waals surface area contributed by atoms with Crippen LogP contribution in [0.3, 0.4) is 0 Å². The highest BCUT2D eigenvalue weighted by Gasteiger charge is 2.56. The quantitative estimate of drug-likeness (QED) is 0.636. The lowest BCUT2D eigenvalue weighted by Gasteiger charge is -2.64. The highest BCUT2D eigenvalue weighted by Crippen LogP contribution is 2.44. The first kappa shape index (κ1) is 27.7. The smallest absolute Gasteiger partial charge is 0.0915 e. The molecule has 166 valence electrons. The molecule has 0 saturated carbocycles. The van der Waals surface area contributed by atoms with E-state index in [1.54, 1.807) is 12.1 Å². The zero-order valence-electron chi connectivity index (χ0n) is 19.6. The van der Waals surface area contributed by atoms with Crippen molar-refractivity contribution in [2.24, 2.45) is 5.14 Å². The molecule has 0 fully saturated rings. The maximum atomic E-state index is 13.3. The van der Waals surface area contributed by atoms with Gasteiger partial charge in [0, 0.05) is 6.42 Å². The van der Waals surface area contributed by atoms with Crippen molar-refractivity contribution in [1.29, 1.82) is 0 Å². The fourth-order valence-electron chi connectivity index (χ4n) is 5.55. The number of hydrogen-bond acceptors (Lipinski definition) is 1. The summed E-state index contributed by atoms with van der Waals surface area (Å²) in [6.07, 6.45) is 0.581. The van der Waals surface area contributed by atoms with Crippen molar-refractivity contribution in [2.45, 2.75) is 97.2 Å². The van der Waals surface area contributed by atoms with Gasteiger partial charge >= 0.3 is 0 Å². The summed E-state index contributed by atoms with van der Waals surface area (Å²) in [5, 5.41) is 6.09. The molecule has 0 amide bonds. The molecule has 0 heterocycles. The van der Waals surface area contributed by atoms with Crippen LogP contribution in [0.5, 0.6) is 0 Å². The predicted octanol–water partition coefficient (Wildman–Crippen LogP) is 2.13. The van der Waals surface area contributed by atoms with Crippen LogP contribution in [0, 0.1) is 6.92 Å². The summed E-state index contributed by atoms with van der Waals surface area (Å²) in [7, 11) is -4.34. The Morgan fingerprint density at radius 2 is 1.25 bits per heavy atom. The molecule has 0 spiro atoms. The van der Waals surface area contributed by atoms with Crippen LogP contribution in [0.15, 0.2) is 29.2 Å². The molecule has 3 N–H and O–H groups in total. The van der Waals surface area contributed by atoms with E-state index in [0.29, 0.717) is 11.3 Å². The van der Waals surface area contributed by atoms with Gasteiger partial charge in [-0.1, -0.05) is 17.7 Å². The Labute approximate surface area is 184 Å². The molecule has 0 aliphatic carbocycles. The molecule has 28 heavy (non-hydrogen) atoms. The first-order chi connectivity index (χ1) is 11.7. The first-order valence-corrected chi connectivity index (χ1v) is 12.0. The third kappa shape index (κ3) is 5.45. The van der Waals surface area contributed by atoms with Gasteiger partial charge < -0.3 is 21.5 Å². The largest absolute Gasteiger partial charge is 1.00 e. The van der Waals surface area contributed by atoms with E-state index in [4.69, 9.17) is 5.14 Å². The lowest BCUT2D eigenvalue weighted by Crippen LogP contribution is -3.00.